The monoisotopic (exact) mass is 432 g/mol. The molecule has 0 unspecified atom stereocenters. The minimum absolute atomic E-state index is 0.0144. The predicted molar refractivity (Wildman–Crippen MR) is 112 cm³/mol. The van der Waals surface area contributed by atoms with Crippen LogP contribution in [0, 0.1) is 0 Å². The van der Waals surface area contributed by atoms with Gasteiger partial charge in [-0.3, -0.25) is 9.36 Å². The molecule has 0 radical (unpaired) electrons. The standard InChI is InChI=1S/C19H20N4O4S2/c1-13(18(24)22-14-3-9-17(10-4-14)29(20,25)26)28-19-21-11-12-23(19)15-5-7-16(27-2)8-6-15/h3-13H,1-2H3,(H,22,24)(H2,20,25,26)/t13-/m1/s1. The molecule has 3 N–H and O–H groups in total. The zero-order chi connectivity index (χ0) is 21.0. The summed E-state index contributed by atoms with van der Waals surface area (Å²) in [4.78, 5) is 16.8. The quantitative estimate of drug-likeness (QED) is 0.555. The van der Waals surface area contributed by atoms with E-state index in [0.29, 0.717) is 10.8 Å². The van der Waals surface area contributed by atoms with Crippen molar-refractivity contribution in [2.75, 3.05) is 12.4 Å². The molecule has 3 rings (SSSR count). The van der Waals surface area contributed by atoms with Gasteiger partial charge in [0.25, 0.3) is 0 Å². The van der Waals surface area contributed by atoms with Crippen molar-refractivity contribution >= 4 is 33.4 Å². The van der Waals surface area contributed by atoms with Crippen LogP contribution in [0.2, 0.25) is 0 Å². The number of sulfonamides is 1. The largest absolute Gasteiger partial charge is 0.497 e. The van der Waals surface area contributed by atoms with Gasteiger partial charge < -0.3 is 10.1 Å². The smallest absolute Gasteiger partial charge is 0.238 e. The number of imidazole rings is 1. The third-order valence-electron chi connectivity index (χ3n) is 4.06. The number of benzene rings is 2. The predicted octanol–water partition coefficient (Wildman–Crippen LogP) is 2.65. The molecule has 10 heteroatoms. The van der Waals surface area contributed by atoms with Crippen LogP contribution in [0.4, 0.5) is 5.69 Å². The molecule has 0 aliphatic heterocycles. The third-order valence-corrected chi connectivity index (χ3v) is 6.07. The van der Waals surface area contributed by atoms with Gasteiger partial charge in [0.2, 0.25) is 15.9 Å². The summed E-state index contributed by atoms with van der Waals surface area (Å²) >= 11 is 1.31. The molecule has 1 atom stereocenters. The van der Waals surface area contributed by atoms with Gasteiger partial charge in [-0.05, 0) is 55.5 Å². The van der Waals surface area contributed by atoms with Crippen molar-refractivity contribution in [3.8, 4) is 11.4 Å². The number of hydrogen-bond donors (Lipinski definition) is 2. The van der Waals surface area contributed by atoms with Crippen molar-refractivity contribution < 1.29 is 17.9 Å². The molecular formula is C19H20N4O4S2. The fraction of sp³-hybridized carbons (Fsp3) is 0.158. The molecule has 1 amide bonds. The third kappa shape index (κ3) is 5.17. The number of amides is 1. The second-order valence-electron chi connectivity index (χ2n) is 6.10. The number of nitrogens with one attached hydrogen (secondary N) is 1. The fourth-order valence-electron chi connectivity index (χ4n) is 2.50. The van der Waals surface area contributed by atoms with Crippen LogP contribution in [0.25, 0.3) is 5.69 Å². The molecule has 0 aliphatic rings. The van der Waals surface area contributed by atoms with Gasteiger partial charge in [-0.2, -0.15) is 0 Å². The number of anilines is 1. The molecule has 152 valence electrons. The molecule has 0 spiro atoms. The first kappa shape index (κ1) is 20.9. The lowest BCUT2D eigenvalue weighted by Crippen LogP contribution is -2.23. The van der Waals surface area contributed by atoms with Crippen LogP contribution in [0.15, 0.2) is 71.0 Å². The number of ether oxygens (including phenoxy) is 1. The van der Waals surface area contributed by atoms with E-state index >= 15 is 0 Å². The van der Waals surface area contributed by atoms with Gasteiger partial charge in [-0.25, -0.2) is 18.5 Å². The van der Waals surface area contributed by atoms with Crippen LogP contribution >= 0.6 is 11.8 Å². The van der Waals surface area contributed by atoms with Gasteiger partial charge in [0.15, 0.2) is 5.16 Å². The second-order valence-corrected chi connectivity index (χ2v) is 8.97. The maximum absolute atomic E-state index is 12.5. The number of rotatable bonds is 7. The lowest BCUT2D eigenvalue weighted by Gasteiger charge is -2.13. The Labute approximate surface area is 173 Å². The van der Waals surface area contributed by atoms with E-state index < -0.39 is 15.3 Å². The number of hydrogen-bond acceptors (Lipinski definition) is 6. The molecule has 8 nitrogen and oxygen atoms in total. The van der Waals surface area contributed by atoms with Crippen molar-refractivity contribution in [2.45, 2.75) is 22.2 Å². The molecule has 0 saturated heterocycles. The van der Waals surface area contributed by atoms with Crippen LogP contribution in [-0.4, -0.2) is 36.2 Å². The fourth-order valence-corrected chi connectivity index (χ4v) is 3.90. The summed E-state index contributed by atoms with van der Waals surface area (Å²) < 4.78 is 29.7. The van der Waals surface area contributed by atoms with Crippen LogP contribution < -0.4 is 15.2 Å². The Morgan fingerprint density at radius 3 is 2.41 bits per heavy atom. The van der Waals surface area contributed by atoms with E-state index in [2.05, 4.69) is 10.3 Å². The van der Waals surface area contributed by atoms with E-state index in [1.165, 1.54) is 36.0 Å². The lowest BCUT2D eigenvalue weighted by molar-refractivity contribution is -0.115. The van der Waals surface area contributed by atoms with E-state index in [9.17, 15) is 13.2 Å². The summed E-state index contributed by atoms with van der Waals surface area (Å²) in [6.45, 7) is 1.77. The van der Waals surface area contributed by atoms with Gasteiger partial charge in [0.1, 0.15) is 5.75 Å². The number of nitrogens with two attached hydrogens (primary N) is 1. The van der Waals surface area contributed by atoms with E-state index in [1.807, 2.05) is 35.0 Å². The first-order chi connectivity index (χ1) is 13.8. The molecule has 1 aromatic heterocycles. The number of methoxy groups -OCH3 is 1. The highest BCUT2D eigenvalue weighted by Crippen LogP contribution is 2.26. The minimum Gasteiger partial charge on any atom is -0.497 e. The van der Waals surface area contributed by atoms with Crippen molar-refractivity contribution in [3.63, 3.8) is 0 Å². The van der Waals surface area contributed by atoms with E-state index in [0.717, 1.165) is 11.4 Å². The number of nitrogens with zero attached hydrogens (tertiary/aromatic N) is 2. The Hall–Kier alpha value is -2.82. The Morgan fingerprint density at radius 1 is 1.17 bits per heavy atom. The Kier molecular flexibility index (Phi) is 6.26. The highest BCUT2D eigenvalue weighted by molar-refractivity contribution is 8.00. The molecule has 2 aromatic carbocycles. The second kappa shape index (κ2) is 8.68. The first-order valence-electron chi connectivity index (χ1n) is 8.56. The maximum Gasteiger partial charge on any atom is 0.238 e. The summed E-state index contributed by atoms with van der Waals surface area (Å²) in [5.41, 5.74) is 1.38. The Bertz CT molecular complexity index is 1090. The van der Waals surface area contributed by atoms with Gasteiger partial charge in [0, 0.05) is 23.8 Å². The first-order valence-corrected chi connectivity index (χ1v) is 11.0. The maximum atomic E-state index is 12.5. The molecular weight excluding hydrogens is 412 g/mol. The Balaban J connectivity index is 1.68. The van der Waals surface area contributed by atoms with E-state index in [1.54, 1.807) is 20.2 Å². The molecule has 29 heavy (non-hydrogen) atoms. The van der Waals surface area contributed by atoms with Crippen LogP contribution in [-0.2, 0) is 14.8 Å². The van der Waals surface area contributed by atoms with Crippen molar-refractivity contribution in [2.24, 2.45) is 5.14 Å². The van der Waals surface area contributed by atoms with E-state index in [-0.39, 0.29) is 10.8 Å². The van der Waals surface area contributed by atoms with Gasteiger partial charge in [-0.1, -0.05) is 11.8 Å². The Morgan fingerprint density at radius 2 is 1.83 bits per heavy atom. The number of thioether (sulfide) groups is 1. The van der Waals surface area contributed by atoms with Crippen LogP contribution in [0.1, 0.15) is 6.92 Å². The number of primary sulfonamides is 1. The zero-order valence-electron chi connectivity index (χ0n) is 15.8. The lowest BCUT2D eigenvalue weighted by atomic mass is 10.3. The number of aromatic nitrogens is 2. The SMILES string of the molecule is COc1ccc(-n2ccnc2S[C@H](C)C(=O)Nc2ccc(S(N)(=O)=O)cc2)cc1. The van der Waals surface area contributed by atoms with Crippen molar-refractivity contribution in [1.29, 1.82) is 0 Å². The highest BCUT2D eigenvalue weighted by Gasteiger charge is 2.18. The average Bonchev–Trinajstić information content (AvgIpc) is 3.15. The topological polar surface area (TPSA) is 116 Å². The molecule has 0 bridgehead atoms. The highest BCUT2D eigenvalue weighted by atomic mass is 32.2. The van der Waals surface area contributed by atoms with Crippen LogP contribution in [0.5, 0.6) is 5.75 Å². The molecule has 0 saturated carbocycles. The number of carbonyl (C=O) groups is 1. The average molecular weight is 433 g/mol. The van der Waals surface area contributed by atoms with Gasteiger partial charge >= 0.3 is 0 Å². The summed E-state index contributed by atoms with van der Waals surface area (Å²) in [6, 6.07) is 13.2. The van der Waals surface area contributed by atoms with Gasteiger partial charge in [-0.15, -0.1) is 0 Å². The summed E-state index contributed by atoms with van der Waals surface area (Å²) in [7, 11) is -2.16. The summed E-state index contributed by atoms with van der Waals surface area (Å²) in [5, 5.41) is 8.06. The molecule has 3 aromatic rings. The normalized spacial score (nSPS) is 12.4. The van der Waals surface area contributed by atoms with Crippen LogP contribution in [0.3, 0.4) is 0 Å². The molecule has 0 aliphatic carbocycles. The number of carbonyl (C=O) groups excluding carboxylic acids is 1. The van der Waals surface area contributed by atoms with Crippen molar-refractivity contribution in [3.05, 3.63) is 60.9 Å². The van der Waals surface area contributed by atoms with Gasteiger partial charge in [0.05, 0.1) is 17.3 Å². The summed E-state index contributed by atoms with van der Waals surface area (Å²) in [5.74, 6) is 0.520. The minimum atomic E-state index is -3.77. The van der Waals surface area contributed by atoms with E-state index in [4.69, 9.17) is 9.88 Å². The van der Waals surface area contributed by atoms with Crippen molar-refractivity contribution in [1.82, 2.24) is 9.55 Å². The molecule has 1 heterocycles. The summed E-state index contributed by atoms with van der Waals surface area (Å²) in [6.07, 6.45) is 3.49. The zero-order valence-corrected chi connectivity index (χ0v) is 17.4. The molecule has 0 fully saturated rings.